The van der Waals surface area contributed by atoms with Gasteiger partial charge < -0.3 is 4.74 Å². The maximum absolute atomic E-state index is 12.1. The van der Waals surface area contributed by atoms with E-state index in [1.54, 1.807) is 6.92 Å². The maximum Gasteiger partial charge on any atom is 0.271 e. The van der Waals surface area contributed by atoms with E-state index in [1.807, 2.05) is 6.07 Å². The normalized spacial score (nSPS) is 12.4. The summed E-state index contributed by atoms with van der Waals surface area (Å²) in [5.41, 5.74) is -0.362. The number of nitro groups is 1. The number of sulfonamides is 1. The van der Waals surface area contributed by atoms with Gasteiger partial charge in [0.25, 0.3) is 5.69 Å². The Balaban J connectivity index is 3.19. The molecule has 0 aliphatic carbocycles. The summed E-state index contributed by atoms with van der Waals surface area (Å²) in [5.74, 6) is -0.526. The minimum atomic E-state index is -3.99. The summed E-state index contributed by atoms with van der Waals surface area (Å²) >= 11 is 0. The average Bonchev–Trinajstić information content (AvgIpc) is 2.43. The monoisotopic (exact) mass is 299 g/mol. The van der Waals surface area contributed by atoms with Gasteiger partial charge in [-0.3, -0.25) is 10.1 Å². The maximum atomic E-state index is 12.1. The Morgan fingerprint density at radius 1 is 1.55 bits per heavy atom. The number of nitrogens with one attached hydrogen (secondary N) is 1. The highest BCUT2D eigenvalue weighted by Crippen LogP contribution is 2.27. The third kappa shape index (κ3) is 3.66. The molecule has 0 fully saturated rings. The van der Waals surface area contributed by atoms with Crippen molar-refractivity contribution in [3.8, 4) is 11.8 Å². The van der Waals surface area contributed by atoms with Crippen molar-refractivity contribution in [1.82, 2.24) is 4.72 Å². The van der Waals surface area contributed by atoms with Crippen LogP contribution < -0.4 is 9.46 Å². The molecule has 0 spiro atoms. The fraction of sp³-hybridized carbons (Fsp3) is 0.364. The van der Waals surface area contributed by atoms with Gasteiger partial charge in [0.05, 0.1) is 24.0 Å². The average molecular weight is 299 g/mol. The minimum absolute atomic E-state index is 0.00675. The first-order valence-electron chi connectivity index (χ1n) is 5.53. The Bertz CT molecular complexity index is 651. The van der Waals surface area contributed by atoms with Gasteiger partial charge in [0.2, 0.25) is 10.0 Å². The molecule has 0 bridgehead atoms. The first-order valence-corrected chi connectivity index (χ1v) is 7.02. The number of nitriles is 1. The molecule has 0 aliphatic heterocycles. The summed E-state index contributed by atoms with van der Waals surface area (Å²) in [4.78, 5) is 9.67. The number of nitro benzene ring substituents is 1. The zero-order valence-electron chi connectivity index (χ0n) is 10.9. The van der Waals surface area contributed by atoms with Gasteiger partial charge in [-0.25, -0.2) is 13.1 Å². The van der Waals surface area contributed by atoms with E-state index in [0.717, 1.165) is 12.1 Å². The van der Waals surface area contributed by atoms with E-state index in [-0.39, 0.29) is 22.9 Å². The fourth-order valence-electron chi connectivity index (χ4n) is 1.35. The van der Waals surface area contributed by atoms with Crippen LogP contribution in [0.15, 0.2) is 23.1 Å². The number of hydrogen-bond donors (Lipinski definition) is 1. The molecule has 0 saturated heterocycles. The van der Waals surface area contributed by atoms with E-state index in [1.165, 1.54) is 13.2 Å². The highest BCUT2D eigenvalue weighted by atomic mass is 32.2. The van der Waals surface area contributed by atoms with Crippen molar-refractivity contribution < 1.29 is 18.1 Å². The number of rotatable bonds is 6. The number of nitrogens with zero attached hydrogens (tertiary/aromatic N) is 2. The summed E-state index contributed by atoms with van der Waals surface area (Å²) in [6, 6.07) is 5.15. The van der Waals surface area contributed by atoms with Crippen molar-refractivity contribution >= 4 is 15.7 Å². The molecule has 20 heavy (non-hydrogen) atoms. The predicted octanol–water partition coefficient (Wildman–Crippen LogP) is 1.04. The fourth-order valence-corrected chi connectivity index (χ4v) is 2.66. The lowest BCUT2D eigenvalue weighted by molar-refractivity contribution is -0.385. The van der Waals surface area contributed by atoms with Gasteiger partial charge in [-0.2, -0.15) is 5.26 Å². The predicted molar refractivity (Wildman–Crippen MR) is 69.6 cm³/mol. The van der Waals surface area contributed by atoms with E-state index in [2.05, 4.69) is 4.72 Å². The molecule has 1 aromatic carbocycles. The third-order valence-corrected chi connectivity index (χ3v) is 3.89. The highest BCUT2D eigenvalue weighted by molar-refractivity contribution is 7.89. The second kappa shape index (κ2) is 6.31. The van der Waals surface area contributed by atoms with E-state index in [0.29, 0.717) is 0 Å². The van der Waals surface area contributed by atoms with Crippen LogP contribution in [0.4, 0.5) is 5.69 Å². The largest absolute Gasteiger partial charge is 0.495 e. The number of ether oxygens (including phenoxy) is 1. The minimum Gasteiger partial charge on any atom is -0.495 e. The van der Waals surface area contributed by atoms with Crippen molar-refractivity contribution in [3.63, 3.8) is 0 Å². The molecule has 1 aromatic rings. The zero-order valence-corrected chi connectivity index (χ0v) is 11.7. The Labute approximate surface area is 116 Å². The van der Waals surface area contributed by atoms with Crippen LogP contribution in [0.5, 0.6) is 5.75 Å². The Morgan fingerprint density at radius 2 is 2.20 bits per heavy atom. The number of hydrogen-bond acceptors (Lipinski definition) is 6. The lowest BCUT2D eigenvalue weighted by Crippen LogP contribution is -2.28. The molecule has 1 unspecified atom stereocenters. The Morgan fingerprint density at radius 3 is 2.70 bits per heavy atom. The molecule has 0 saturated carbocycles. The molecule has 0 aliphatic rings. The van der Waals surface area contributed by atoms with Gasteiger partial charge in [0, 0.05) is 18.7 Å². The molecule has 0 amide bonds. The van der Waals surface area contributed by atoms with E-state index in [4.69, 9.17) is 10.00 Å². The van der Waals surface area contributed by atoms with Crippen LogP contribution in [0.25, 0.3) is 0 Å². The Hall–Kier alpha value is -2.18. The topological polar surface area (TPSA) is 122 Å². The second-order valence-electron chi connectivity index (χ2n) is 3.97. The van der Waals surface area contributed by atoms with Crippen molar-refractivity contribution in [2.45, 2.75) is 11.8 Å². The summed E-state index contributed by atoms with van der Waals surface area (Å²) in [5, 5.41) is 19.3. The first-order chi connectivity index (χ1) is 9.31. The van der Waals surface area contributed by atoms with Crippen molar-refractivity contribution in [1.29, 1.82) is 5.26 Å². The van der Waals surface area contributed by atoms with Crippen molar-refractivity contribution in [3.05, 3.63) is 28.3 Å². The van der Waals surface area contributed by atoms with Gasteiger partial charge in [0.1, 0.15) is 10.6 Å². The molecule has 1 N–H and O–H groups in total. The number of benzene rings is 1. The number of methoxy groups -OCH3 is 1. The van der Waals surface area contributed by atoms with Gasteiger partial charge in [-0.1, -0.05) is 0 Å². The van der Waals surface area contributed by atoms with Crippen LogP contribution >= 0.6 is 0 Å². The molecule has 0 radical (unpaired) electrons. The molecule has 1 atom stereocenters. The van der Waals surface area contributed by atoms with E-state index >= 15 is 0 Å². The summed E-state index contributed by atoms with van der Waals surface area (Å²) in [6.45, 7) is 1.46. The lowest BCUT2D eigenvalue weighted by Gasteiger charge is -2.11. The van der Waals surface area contributed by atoms with Gasteiger partial charge in [-0.15, -0.1) is 0 Å². The van der Waals surface area contributed by atoms with Crippen LogP contribution in [0.2, 0.25) is 0 Å². The third-order valence-electron chi connectivity index (χ3n) is 2.45. The van der Waals surface area contributed by atoms with Crippen LogP contribution in [0.1, 0.15) is 6.92 Å². The van der Waals surface area contributed by atoms with Crippen molar-refractivity contribution in [2.75, 3.05) is 13.7 Å². The molecular formula is C11H13N3O5S. The van der Waals surface area contributed by atoms with Crippen LogP contribution in [-0.2, 0) is 10.0 Å². The van der Waals surface area contributed by atoms with E-state index < -0.39 is 20.9 Å². The van der Waals surface area contributed by atoms with Crippen LogP contribution in [0, 0.1) is 27.4 Å². The lowest BCUT2D eigenvalue weighted by atomic mass is 10.2. The van der Waals surface area contributed by atoms with E-state index in [9.17, 15) is 18.5 Å². The van der Waals surface area contributed by atoms with Crippen LogP contribution in [0.3, 0.4) is 0 Å². The smallest absolute Gasteiger partial charge is 0.271 e. The van der Waals surface area contributed by atoms with Gasteiger partial charge >= 0.3 is 0 Å². The number of non-ortho nitro benzene ring substituents is 1. The highest BCUT2D eigenvalue weighted by Gasteiger charge is 2.23. The Kier molecular flexibility index (Phi) is 5.01. The molecular weight excluding hydrogens is 286 g/mol. The molecule has 1 rings (SSSR count). The molecule has 0 heterocycles. The SMILES string of the molecule is COc1ccc([N+](=O)[O-])cc1S(=O)(=O)NCC(C)C#N. The van der Waals surface area contributed by atoms with Crippen LogP contribution in [-0.4, -0.2) is 27.0 Å². The summed E-state index contributed by atoms with van der Waals surface area (Å²) in [7, 11) is -2.73. The molecule has 0 aromatic heterocycles. The first kappa shape index (κ1) is 15.9. The van der Waals surface area contributed by atoms with Gasteiger partial charge in [0.15, 0.2) is 0 Å². The zero-order chi connectivity index (χ0) is 15.3. The summed E-state index contributed by atoms with van der Waals surface area (Å²) in [6.07, 6.45) is 0. The molecule has 8 nitrogen and oxygen atoms in total. The van der Waals surface area contributed by atoms with Gasteiger partial charge in [-0.05, 0) is 13.0 Å². The molecule has 9 heteroatoms. The second-order valence-corrected chi connectivity index (χ2v) is 5.71. The quantitative estimate of drug-likeness (QED) is 0.618. The standard InChI is InChI=1S/C11H13N3O5S/c1-8(6-12)7-13-20(17,18)11-5-9(14(15)16)3-4-10(11)19-2/h3-5,8,13H,7H2,1-2H3. The summed E-state index contributed by atoms with van der Waals surface area (Å²) < 4.78 is 31.3. The van der Waals surface area contributed by atoms with Crippen molar-refractivity contribution in [2.24, 2.45) is 5.92 Å². The molecule has 108 valence electrons.